The van der Waals surface area contributed by atoms with E-state index in [1.54, 1.807) is 4.90 Å². The molecule has 1 unspecified atom stereocenters. The summed E-state index contributed by atoms with van der Waals surface area (Å²) in [5.41, 5.74) is 0.961. The van der Waals surface area contributed by atoms with Gasteiger partial charge in [-0.2, -0.15) is 0 Å². The Morgan fingerprint density at radius 3 is 2.79 bits per heavy atom. The van der Waals surface area contributed by atoms with Gasteiger partial charge in [0.2, 0.25) is 5.91 Å². The van der Waals surface area contributed by atoms with Crippen LogP contribution in [-0.2, 0) is 20.9 Å². The summed E-state index contributed by atoms with van der Waals surface area (Å²) in [7, 11) is 0. The second kappa shape index (κ2) is 7.79. The molecule has 1 saturated heterocycles. The average Bonchev–Trinajstić information content (AvgIpc) is 2.52. The Hall–Kier alpha value is -1.88. The lowest BCUT2D eigenvalue weighted by atomic mass is 9.89. The number of hydrogen-bond acceptors (Lipinski definition) is 4. The van der Waals surface area contributed by atoms with Crippen LogP contribution in [0.15, 0.2) is 24.3 Å². The van der Waals surface area contributed by atoms with Crippen molar-refractivity contribution in [3.05, 3.63) is 35.4 Å². The smallest absolute Gasteiger partial charge is 0.309 e. The Morgan fingerprint density at radius 1 is 1.38 bits per heavy atom. The highest BCUT2D eigenvalue weighted by Gasteiger charge is 2.36. The minimum atomic E-state index is -1.18. The predicted octanol–water partition coefficient (Wildman–Crippen LogP) is 2.62. The standard InChI is InChI=1S/C19H27NO4/c1-14(2)17-7-4-6-16(10-17)12-24-18(22)11-19(23)8-5-9-20(13-19)15(3)21/h4,6-7,10,14,23H,5,8-9,11-13H2,1-3H3. The number of rotatable bonds is 5. The lowest BCUT2D eigenvalue weighted by Gasteiger charge is -2.38. The summed E-state index contributed by atoms with van der Waals surface area (Å²) in [5, 5.41) is 10.6. The zero-order valence-electron chi connectivity index (χ0n) is 14.7. The molecular formula is C19H27NO4. The van der Waals surface area contributed by atoms with Crippen LogP contribution < -0.4 is 0 Å². The van der Waals surface area contributed by atoms with Crippen LogP contribution in [0.4, 0.5) is 0 Å². The molecule has 1 fully saturated rings. The molecule has 5 heteroatoms. The molecule has 0 aromatic heterocycles. The third kappa shape index (κ3) is 5.06. The summed E-state index contributed by atoms with van der Waals surface area (Å²) in [6.45, 7) is 6.74. The molecule has 1 amide bonds. The highest BCUT2D eigenvalue weighted by Crippen LogP contribution is 2.25. The zero-order chi connectivity index (χ0) is 17.7. The third-order valence-corrected chi connectivity index (χ3v) is 4.49. The lowest BCUT2D eigenvalue weighted by molar-refractivity contribution is -0.155. The van der Waals surface area contributed by atoms with E-state index in [1.807, 2.05) is 18.2 Å². The molecule has 132 valence electrons. The number of esters is 1. The first-order valence-corrected chi connectivity index (χ1v) is 8.51. The van der Waals surface area contributed by atoms with Crippen LogP contribution in [0.2, 0.25) is 0 Å². The molecular weight excluding hydrogens is 306 g/mol. The van der Waals surface area contributed by atoms with E-state index in [9.17, 15) is 14.7 Å². The highest BCUT2D eigenvalue weighted by atomic mass is 16.5. The number of hydrogen-bond donors (Lipinski definition) is 1. The van der Waals surface area contributed by atoms with Gasteiger partial charge in [-0.05, 0) is 29.9 Å². The van der Waals surface area contributed by atoms with Crippen molar-refractivity contribution in [3.63, 3.8) is 0 Å². The van der Waals surface area contributed by atoms with Crippen molar-refractivity contribution in [1.82, 2.24) is 4.90 Å². The monoisotopic (exact) mass is 333 g/mol. The van der Waals surface area contributed by atoms with Crippen LogP contribution in [0.5, 0.6) is 0 Å². The number of ether oxygens (including phenoxy) is 1. The molecule has 1 heterocycles. The van der Waals surface area contributed by atoms with E-state index < -0.39 is 11.6 Å². The quantitative estimate of drug-likeness (QED) is 0.841. The van der Waals surface area contributed by atoms with Crippen LogP contribution in [0.25, 0.3) is 0 Å². The normalized spacial score (nSPS) is 21.0. The van der Waals surface area contributed by atoms with Gasteiger partial charge >= 0.3 is 5.97 Å². The maximum Gasteiger partial charge on any atom is 0.309 e. The molecule has 1 aromatic carbocycles. The van der Waals surface area contributed by atoms with E-state index >= 15 is 0 Å². The zero-order valence-corrected chi connectivity index (χ0v) is 14.7. The number of aliphatic hydroxyl groups is 1. The molecule has 0 radical (unpaired) electrons. The van der Waals surface area contributed by atoms with Crippen LogP contribution >= 0.6 is 0 Å². The average molecular weight is 333 g/mol. The van der Waals surface area contributed by atoms with Crippen molar-refractivity contribution in [2.45, 2.75) is 58.2 Å². The number of likely N-dealkylation sites (tertiary alicyclic amines) is 1. The lowest BCUT2D eigenvalue weighted by Crippen LogP contribution is -2.50. The van der Waals surface area contributed by atoms with Crippen LogP contribution in [-0.4, -0.2) is 40.6 Å². The molecule has 0 aliphatic carbocycles. The van der Waals surface area contributed by atoms with Crippen LogP contribution in [0.1, 0.15) is 57.1 Å². The molecule has 0 saturated carbocycles. The van der Waals surface area contributed by atoms with E-state index in [0.29, 0.717) is 25.3 Å². The summed E-state index contributed by atoms with van der Waals surface area (Å²) in [4.78, 5) is 25.2. The van der Waals surface area contributed by atoms with Gasteiger partial charge in [0.05, 0.1) is 12.0 Å². The number of carbonyl (C=O) groups excluding carboxylic acids is 2. The van der Waals surface area contributed by atoms with Gasteiger partial charge in [-0.3, -0.25) is 9.59 Å². The summed E-state index contributed by atoms with van der Waals surface area (Å²) in [6.07, 6.45) is 1.12. The van der Waals surface area contributed by atoms with Gasteiger partial charge in [0, 0.05) is 20.0 Å². The van der Waals surface area contributed by atoms with E-state index in [2.05, 4.69) is 19.9 Å². The summed E-state index contributed by atoms with van der Waals surface area (Å²) in [5.74, 6) is -0.0917. The van der Waals surface area contributed by atoms with Gasteiger partial charge in [0.15, 0.2) is 0 Å². The fraction of sp³-hybridized carbons (Fsp3) is 0.579. The molecule has 24 heavy (non-hydrogen) atoms. The SMILES string of the molecule is CC(=O)N1CCCC(O)(CC(=O)OCc2cccc(C(C)C)c2)C1. The number of carbonyl (C=O) groups is 2. The molecule has 5 nitrogen and oxygen atoms in total. The first-order chi connectivity index (χ1) is 11.3. The maximum absolute atomic E-state index is 12.1. The number of nitrogens with zero attached hydrogens (tertiary/aromatic N) is 1. The van der Waals surface area contributed by atoms with E-state index in [4.69, 9.17) is 4.74 Å². The van der Waals surface area contributed by atoms with E-state index in [1.165, 1.54) is 12.5 Å². The van der Waals surface area contributed by atoms with Crippen molar-refractivity contribution in [2.75, 3.05) is 13.1 Å². The second-order valence-corrected chi connectivity index (χ2v) is 7.01. The van der Waals surface area contributed by atoms with Crippen LogP contribution in [0.3, 0.4) is 0 Å². The Kier molecular flexibility index (Phi) is 5.99. The van der Waals surface area contributed by atoms with Gasteiger partial charge in [-0.1, -0.05) is 38.1 Å². The Bertz CT molecular complexity index is 599. The maximum atomic E-state index is 12.1. The van der Waals surface area contributed by atoms with Gasteiger partial charge in [-0.15, -0.1) is 0 Å². The number of benzene rings is 1. The molecule has 0 spiro atoms. The predicted molar refractivity (Wildman–Crippen MR) is 91.4 cm³/mol. The van der Waals surface area contributed by atoms with E-state index in [-0.39, 0.29) is 25.5 Å². The van der Waals surface area contributed by atoms with Gasteiger partial charge in [-0.25, -0.2) is 0 Å². The van der Waals surface area contributed by atoms with Crippen molar-refractivity contribution >= 4 is 11.9 Å². The fourth-order valence-electron chi connectivity index (χ4n) is 3.05. The molecule has 0 bridgehead atoms. The largest absolute Gasteiger partial charge is 0.461 e. The molecule has 1 atom stereocenters. The molecule has 2 rings (SSSR count). The van der Waals surface area contributed by atoms with Gasteiger partial charge in [0.25, 0.3) is 0 Å². The molecule has 1 aliphatic heterocycles. The summed E-state index contributed by atoms with van der Waals surface area (Å²) >= 11 is 0. The van der Waals surface area contributed by atoms with E-state index in [0.717, 1.165) is 5.56 Å². The Balaban J connectivity index is 1.89. The number of piperidine rings is 1. The molecule has 1 N–H and O–H groups in total. The third-order valence-electron chi connectivity index (χ3n) is 4.49. The van der Waals surface area contributed by atoms with Gasteiger partial charge < -0.3 is 14.7 Å². The molecule has 1 aromatic rings. The number of β-amino-alcohol motifs (C(OH)–C–C–N with tert-alkyl or cyclic N) is 1. The van der Waals surface area contributed by atoms with Crippen molar-refractivity contribution < 1.29 is 19.4 Å². The van der Waals surface area contributed by atoms with Crippen molar-refractivity contribution in [3.8, 4) is 0 Å². The first kappa shape index (κ1) is 18.5. The van der Waals surface area contributed by atoms with Crippen molar-refractivity contribution in [1.29, 1.82) is 0 Å². The minimum absolute atomic E-state index is 0.0769. The Labute approximate surface area is 143 Å². The number of amides is 1. The Morgan fingerprint density at radius 2 is 2.12 bits per heavy atom. The highest BCUT2D eigenvalue weighted by molar-refractivity contribution is 5.74. The minimum Gasteiger partial charge on any atom is -0.461 e. The first-order valence-electron chi connectivity index (χ1n) is 8.51. The van der Waals surface area contributed by atoms with Gasteiger partial charge in [0.1, 0.15) is 6.61 Å². The molecule has 1 aliphatic rings. The topological polar surface area (TPSA) is 66.8 Å². The summed E-state index contributed by atoms with van der Waals surface area (Å²) < 4.78 is 5.32. The summed E-state index contributed by atoms with van der Waals surface area (Å²) in [6, 6.07) is 7.96. The fourth-order valence-corrected chi connectivity index (χ4v) is 3.05. The van der Waals surface area contributed by atoms with Crippen LogP contribution in [0, 0.1) is 0 Å². The van der Waals surface area contributed by atoms with Crippen molar-refractivity contribution in [2.24, 2.45) is 0 Å². The second-order valence-electron chi connectivity index (χ2n) is 7.01.